The summed E-state index contributed by atoms with van der Waals surface area (Å²) < 4.78 is 3.10. The van der Waals surface area contributed by atoms with E-state index in [0.717, 1.165) is 28.5 Å². The van der Waals surface area contributed by atoms with Crippen molar-refractivity contribution >= 4 is 45.9 Å². The van der Waals surface area contributed by atoms with E-state index in [1.54, 1.807) is 13.4 Å². The minimum Gasteiger partial charge on any atom is -0.356 e. The van der Waals surface area contributed by atoms with Crippen LogP contribution in [0.3, 0.4) is 0 Å². The van der Waals surface area contributed by atoms with Gasteiger partial charge in [-0.25, -0.2) is 0 Å². The molecule has 29 heavy (non-hydrogen) atoms. The summed E-state index contributed by atoms with van der Waals surface area (Å²) >= 11 is 3.58. The topological polar surface area (TPSA) is 67.1 Å². The Labute approximate surface area is 196 Å². The molecular formula is C21H24BrIN6. The molecule has 1 aliphatic carbocycles. The van der Waals surface area contributed by atoms with Crippen LogP contribution in [0.15, 0.2) is 70.4 Å². The minimum atomic E-state index is 0. The van der Waals surface area contributed by atoms with Gasteiger partial charge in [0.1, 0.15) is 6.33 Å². The first-order valence-corrected chi connectivity index (χ1v) is 10.1. The Balaban J connectivity index is 0.00000240. The number of aromatic nitrogens is 3. The Morgan fingerprint density at radius 3 is 2.62 bits per heavy atom. The van der Waals surface area contributed by atoms with Crippen molar-refractivity contribution < 1.29 is 0 Å². The number of nitrogens with zero attached hydrogens (tertiary/aromatic N) is 4. The van der Waals surface area contributed by atoms with Crippen molar-refractivity contribution in [2.75, 3.05) is 13.6 Å². The molecule has 0 aliphatic heterocycles. The van der Waals surface area contributed by atoms with Crippen molar-refractivity contribution in [2.24, 2.45) is 4.99 Å². The second-order valence-corrected chi connectivity index (χ2v) is 7.94. The van der Waals surface area contributed by atoms with E-state index in [9.17, 15) is 0 Å². The molecule has 152 valence electrons. The molecule has 2 aromatic carbocycles. The highest BCUT2D eigenvalue weighted by molar-refractivity contribution is 14.0. The lowest BCUT2D eigenvalue weighted by Crippen LogP contribution is -2.41. The van der Waals surface area contributed by atoms with Crippen molar-refractivity contribution in [1.82, 2.24) is 25.4 Å². The number of halogens is 2. The lowest BCUT2D eigenvalue weighted by atomic mass is 9.96. The van der Waals surface area contributed by atoms with E-state index >= 15 is 0 Å². The number of guanidine groups is 1. The van der Waals surface area contributed by atoms with E-state index in [1.165, 1.54) is 18.4 Å². The number of hydrogen-bond donors (Lipinski definition) is 2. The Kier molecular flexibility index (Phi) is 7.28. The maximum absolute atomic E-state index is 4.36. The Bertz CT molecular complexity index is 968. The molecule has 0 atom stereocenters. The number of hydrogen-bond acceptors (Lipinski definition) is 3. The molecular weight excluding hydrogens is 543 g/mol. The molecule has 1 heterocycles. The van der Waals surface area contributed by atoms with Crippen molar-refractivity contribution in [2.45, 2.75) is 24.8 Å². The number of benzene rings is 2. The average molecular weight is 567 g/mol. The summed E-state index contributed by atoms with van der Waals surface area (Å²) in [6, 6.07) is 18.7. The van der Waals surface area contributed by atoms with Crippen molar-refractivity contribution in [3.63, 3.8) is 0 Å². The second-order valence-electron chi connectivity index (χ2n) is 7.02. The quantitative estimate of drug-likeness (QED) is 0.268. The van der Waals surface area contributed by atoms with Gasteiger partial charge in [0.2, 0.25) is 0 Å². The summed E-state index contributed by atoms with van der Waals surface area (Å²) in [4.78, 5) is 4.36. The molecule has 6 nitrogen and oxygen atoms in total. The second kappa shape index (κ2) is 9.71. The van der Waals surface area contributed by atoms with Gasteiger partial charge in [-0.15, -0.1) is 34.2 Å². The van der Waals surface area contributed by atoms with Gasteiger partial charge in [-0.05, 0) is 42.7 Å². The predicted octanol–water partition coefficient (Wildman–Crippen LogP) is 4.04. The fourth-order valence-corrected chi connectivity index (χ4v) is 3.76. The van der Waals surface area contributed by atoms with Crippen LogP contribution in [0.5, 0.6) is 0 Å². The summed E-state index contributed by atoms with van der Waals surface area (Å²) in [6.45, 7) is 1.40. The molecule has 8 heteroatoms. The Morgan fingerprint density at radius 2 is 1.93 bits per heavy atom. The molecule has 4 rings (SSSR count). The van der Waals surface area contributed by atoms with Gasteiger partial charge in [0.15, 0.2) is 11.8 Å². The SMILES string of the molecule is CN=C(NCc1nncn1-c1ccccc1)NCC1(c2cccc(Br)c2)CC1.I. The molecule has 2 N–H and O–H groups in total. The molecule has 0 unspecified atom stereocenters. The summed E-state index contributed by atoms with van der Waals surface area (Å²) in [5.41, 5.74) is 2.61. The summed E-state index contributed by atoms with van der Waals surface area (Å²) in [5.74, 6) is 1.60. The molecule has 0 radical (unpaired) electrons. The number of nitrogens with one attached hydrogen (secondary N) is 2. The van der Waals surface area contributed by atoms with Crippen molar-refractivity contribution in [1.29, 1.82) is 0 Å². The van der Waals surface area contributed by atoms with E-state index < -0.39 is 0 Å². The summed E-state index contributed by atoms with van der Waals surface area (Å²) in [7, 11) is 1.79. The van der Waals surface area contributed by atoms with Crippen LogP contribution in [-0.4, -0.2) is 34.3 Å². The highest BCUT2D eigenvalue weighted by atomic mass is 127. The zero-order valence-corrected chi connectivity index (χ0v) is 20.1. The van der Waals surface area contributed by atoms with Crippen LogP contribution in [0, 0.1) is 0 Å². The maximum Gasteiger partial charge on any atom is 0.191 e. The Morgan fingerprint density at radius 1 is 1.14 bits per heavy atom. The molecule has 1 fully saturated rings. The van der Waals surface area contributed by atoms with Crippen molar-refractivity contribution in [3.05, 3.63) is 76.8 Å². The van der Waals surface area contributed by atoms with Gasteiger partial charge in [0.05, 0.1) is 6.54 Å². The molecule has 1 saturated carbocycles. The molecule has 0 spiro atoms. The Hall–Kier alpha value is -1.94. The first-order chi connectivity index (χ1) is 13.7. The fourth-order valence-electron chi connectivity index (χ4n) is 3.36. The molecule has 0 amide bonds. The van der Waals surface area contributed by atoms with Crippen LogP contribution >= 0.6 is 39.9 Å². The van der Waals surface area contributed by atoms with Gasteiger partial charge >= 0.3 is 0 Å². The van der Waals surface area contributed by atoms with Gasteiger partial charge < -0.3 is 10.6 Å². The highest BCUT2D eigenvalue weighted by Gasteiger charge is 2.44. The summed E-state index contributed by atoms with van der Waals surface area (Å²) in [6.07, 6.45) is 4.11. The average Bonchev–Trinajstić information content (AvgIpc) is 3.38. The van der Waals surface area contributed by atoms with Gasteiger partial charge in [-0.3, -0.25) is 9.56 Å². The lowest BCUT2D eigenvalue weighted by molar-refractivity contribution is 0.642. The smallest absolute Gasteiger partial charge is 0.191 e. The largest absolute Gasteiger partial charge is 0.356 e. The zero-order valence-electron chi connectivity index (χ0n) is 16.2. The molecule has 0 bridgehead atoms. The van der Waals surface area contributed by atoms with Gasteiger partial charge in [0, 0.05) is 29.2 Å². The van der Waals surface area contributed by atoms with Gasteiger partial charge in [-0.1, -0.05) is 46.3 Å². The van der Waals surface area contributed by atoms with Crippen molar-refractivity contribution in [3.8, 4) is 5.69 Å². The third-order valence-corrected chi connectivity index (χ3v) is 5.67. The van der Waals surface area contributed by atoms with Crippen LogP contribution < -0.4 is 10.6 Å². The minimum absolute atomic E-state index is 0. The van der Waals surface area contributed by atoms with Crippen LogP contribution in [0.2, 0.25) is 0 Å². The standard InChI is InChI=1S/C21H23BrN6.HI/c1-23-20(25-14-21(10-11-21)16-6-5-7-17(22)12-16)24-13-19-27-26-15-28(19)18-8-3-2-4-9-18;/h2-9,12,15H,10-11,13-14H2,1H3,(H2,23,24,25);1H. The lowest BCUT2D eigenvalue weighted by Gasteiger charge is -2.19. The third kappa shape index (κ3) is 5.16. The van der Waals surface area contributed by atoms with E-state index in [0.29, 0.717) is 6.54 Å². The fraction of sp³-hybridized carbons (Fsp3) is 0.286. The van der Waals surface area contributed by atoms with Crippen LogP contribution in [0.25, 0.3) is 5.69 Å². The number of aliphatic imine (C=N–C) groups is 1. The number of rotatable bonds is 6. The van der Waals surface area contributed by atoms with Gasteiger partial charge in [0.25, 0.3) is 0 Å². The maximum atomic E-state index is 4.36. The molecule has 1 aromatic heterocycles. The molecule has 3 aromatic rings. The van der Waals surface area contributed by atoms with E-state index in [2.05, 4.69) is 66.0 Å². The summed E-state index contributed by atoms with van der Waals surface area (Å²) in [5, 5.41) is 15.1. The first kappa shape index (κ1) is 21.8. The third-order valence-electron chi connectivity index (χ3n) is 5.18. The predicted molar refractivity (Wildman–Crippen MR) is 130 cm³/mol. The highest BCUT2D eigenvalue weighted by Crippen LogP contribution is 2.48. The number of para-hydroxylation sites is 1. The van der Waals surface area contributed by atoms with Crippen LogP contribution in [-0.2, 0) is 12.0 Å². The van der Waals surface area contributed by atoms with E-state index in [4.69, 9.17) is 0 Å². The normalized spacial score (nSPS) is 14.8. The van der Waals surface area contributed by atoms with Gasteiger partial charge in [-0.2, -0.15) is 0 Å². The van der Waals surface area contributed by atoms with Crippen LogP contribution in [0.1, 0.15) is 24.2 Å². The zero-order chi connectivity index (χ0) is 19.4. The molecule has 1 aliphatic rings. The first-order valence-electron chi connectivity index (χ1n) is 9.35. The molecule has 0 saturated heterocycles. The van der Waals surface area contributed by atoms with E-state index in [1.807, 2.05) is 34.9 Å². The van der Waals surface area contributed by atoms with E-state index in [-0.39, 0.29) is 29.4 Å². The van der Waals surface area contributed by atoms with Crippen LogP contribution in [0.4, 0.5) is 0 Å². The monoisotopic (exact) mass is 566 g/mol.